The molecule has 164 valence electrons. The molecule has 0 aliphatic heterocycles. The number of rotatable bonds is 8. The molecule has 0 saturated carbocycles. The number of aliphatic imine (C=N–C) groups is 1. The monoisotopic (exact) mass is 534 g/mol. The summed E-state index contributed by atoms with van der Waals surface area (Å²) in [4.78, 5) is 15.3. The molecule has 2 aromatic rings. The zero-order valence-corrected chi connectivity index (χ0v) is 19.2. The number of hydrogen-bond acceptors (Lipinski definition) is 4. The number of methoxy groups -OCH3 is 1. The number of nitrogens with one attached hydrogen (secondary N) is 3. The van der Waals surface area contributed by atoms with E-state index in [1.807, 2.05) is 18.2 Å². The normalized spacial score (nSPS) is 10.8. The van der Waals surface area contributed by atoms with Crippen LogP contribution in [0.25, 0.3) is 0 Å². The van der Waals surface area contributed by atoms with Gasteiger partial charge in [0, 0.05) is 38.3 Å². The zero-order chi connectivity index (χ0) is 21.2. The maximum Gasteiger partial charge on any atom is 0.387 e. The Morgan fingerprint density at radius 1 is 1.13 bits per heavy atom. The van der Waals surface area contributed by atoms with Crippen LogP contribution < -0.4 is 25.4 Å². The van der Waals surface area contributed by atoms with E-state index in [0.29, 0.717) is 29.5 Å². The number of benzene rings is 2. The summed E-state index contributed by atoms with van der Waals surface area (Å²) in [5.74, 6) is 0.918. The van der Waals surface area contributed by atoms with E-state index >= 15 is 0 Å². The van der Waals surface area contributed by atoms with Gasteiger partial charge in [0.2, 0.25) is 5.91 Å². The lowest BCUT2D eigenvalue weighted by Crippen LogP contribution is -2.36. The summed E-state index contributed by atoms with van der Waals surface area (Å²) >= 11 is 0. The predicted molar refractivity (Wildman–Crippen MR) is 123 cm³/mol. The van der Waals surface area contributed by atoms with Crippen LogP contribution in [-0.4, -0.2) is 32.6 Å². The Morgan fingerprint density at radius 3 is 2.50 bits per heavy atom. The van der Waals surface area contributed by atoms with E-state index in [2.05, 4.69) is 25.7 Å². The molecule has 0 aliphatic rings. The molecule has 0 bridgehead atoms. The van der Waals surface area contributed by atoms with E-state index < -0.39 is 6.61 Å². The highest BCUT2D eigenvalue weighted by Gasteiger charge is 2.11. The van der Waals surface area contributed by atoms with Crippen LogP contribution in [0.5, 0.6) is 11.5 Å². The van der Waals surface area contributed by atoms with E-state index in [1.165, 1.54) is 20.1 Å². The summed E-state index contributed by atoms with van der Waals surface area (Å²) in [7, 11) is 3.10. The summed E-state index contributed by atoms with van der Waals surface area (Å²) in [5.41, 5.74) is 2.13. The highest BCUT2D eigenvalue weighted by Crippen LogP contribution is 2.25. The molecule has 0 aromatic heterocycles. The van der Waals surface area contributed by atoms with Crippen molar-refractivity contribution in [1.82, 2.24) is 10.6 Å². The van der Waals surface area contributed by atoms with Crippen molar-refractivity contribution >= 4 is 41.5 Å². The highest BCUT2D eigenvalue weighted by molar-refractivity contribution is 14.0. The second kappa shape index (κ2) is 12.8. The minimum atomic E-state index is -2.92. The molecule has 2 aromatic carbocycles. The van der Waals surface area contributed by atoms with Gasteiger partial charge in [-0.05, 0) is 35.9 Å². The number of ether oxygens (including phenoxy) is 2. The molecule has 0 saturated heterocycles. The van der Waals surface area contributed by atoms with Crippen LogP contribution in [0.4, 0.5) is 14.5 Å². The number of anilines is 1. The number of halogens is 3. The van der Waals surface area contributed by atoms with Gasteiger partial charge in [-0.1, -0.05) is 12.1 Å². The van der Waals surface area contributed by atoms with Gasteiger partial charge < -0.3 is 25.4 Å². The molecule has 0 radical (unpaired) electrons. The number of nitrogens with zero attached hydrogens (tertiary/aromatic N) is 1. The largest absolute Gasteiger partial charge is 0.497 e. The first kappa shape index (κ1) is 25.4. The van der Waals surface area contributed by atoms with Crippen LogP contribution in [0.15, 0.2) is 47.5 Å². The minimum absolute atomic E-state index is 0. The third kappa shape index (κ3) is 8.39. The SMILES string of the molecule is CN=C(NCc1cccc(NC(C)=O)c1)NCc1cc(OC)ccc1OC(F)F.I. The Hall–Kier alpha value is -2.63. The average molecular weight is 534 g/mol. The number of amides is 1. The summed E-state index contributed by atoms with van der Waals surface area (Å²) < 4.78 is 35.0. The van der Waals surface area contributed by atoms with Gasteiger partial charge in [0.05, 0.1) is 7.11 Å². The second-order valence-corrected chi connectivity index (χ2v) is 6.01. The van der Waals surface area contributed by atoms with E-state index in [4.69, 9.17) is 4.74 Å². The Labute approximate surface area is 191 Å². The lowest BCUT2D eigenvalue weighted by molar-refractivity contribution is -0.114. The summed E-state index contributed by atoms with van der Waals surface area (Å²) in [5, 5.41) is 8.91. The van der Waals surface area contributed by atoms with Gasteiger partial charge in [-0.2, -0.15) is 8.78 Å². The molecule has 1 amide bonds. The topological polar surface area (TPSA) is 84.0 Å². The van der Waals surface area contributed by atoms with Crippen LogP contribution in [-0.2, 0) is 17.9 Å². The lowest BCUT2D eigenvalue weighted by atomic mass is 10.2. The van der Waals surface area contributed by atoms with Crippen molar-refractivity contribution in [1.29, 1.82) is 0 Å². The fourth-order valence-corrected chi connectivity index (χ4v) is 2.58. The molecule has 7 nitrogen and oxygen atoms in total. The maximum atomic E-state index is 12.6. The van der Waals surface area contributed by atoms with Gasteiger partial charge in [0.1, 0.15) is 11.5 Å². The number of guanidine groups is 1. The van der Waals surface area contributed by atoms with Crippen LogP contribution in [0, 0.1) is 0 Å². The fraction of sp³-hybridized carbons (Fsp3) is 0.300. The fourth-order valence-electron chi connectivity index (χ4n) is 2.58. The number of carbonyl (C=O) groups excluding carboxylic acids is 1. The van der Waals surface area contributed by atoms with Gasteiger partial charge in [0.15, 0.2) is 5.96 Å². The quantitative estimate of drug-likeness (QED) is 0.273. The average Bonchev–Trinajstić information content (AvgIpc) is 2.68. The molecule has 10 heteroatoms. The van der Waals surface area contributed by atoms with E-state index in [-0.39, 0.29) is 42.2 Å². The smallest absolute Gasteiger partial charge is 0.387 e. The van der Waals surface area contributed by atoms with Crippen LogP contribution in [0.3, 0.4) is 0 Å². The number of alkyl halides is 2. The lowest BCUT2D eigenvalue weighted by Gasteiger charge is -2.15. The molecule has 30 heavy (non-hydrogen) atoms. The van der Waals surface area contributed by atoms with Crippen molar-refractivity contribution in [2.24, 2.45) is 4.99 Å². The molecule has 0 spiro atoms. The molecule has 0 fully saturated rings. The Bertz CT molecular complexity index is 866. The Morgan fingerprint density at radius 2 is 1.87 bits per heavy atom. The zero-order valence-electron chi connectivity index (χ0n) is 16.9. The summed E-state index contributed by atoms with van der Waals surface area (Å²) in [6.07, 6.45) is 0. The molecule has 0 unspecified atom stereocenters. The molecular formula is C20H25F2IN4O3. The van der Waals surface area contributed by atoms with Crippen molar-refractivity contribution in [3.63, 3.8) is 0 Å². The standard InChI is InChI=1S/C20H24F2N4O3.HI/c1-13(27)26-16-6-4-5-14(9-16)11-24-20(23-2)25-12-15-10-17(28-3)7-8-18(15)29-19(21)22;/h4-10,19H,11-12H2,1-3H3,(H,26,27)(H2,23,24,25);1H. The van der Waals surface area contributed by atoms with E-state index in [0.717, 1.165) is 5.56 Å². The summed E-state index contributed by atoms with van der Waals surface area (Å²) in [6.45, 7) is -0.826. The highest BCUT2D eigenvalue weighted by atomic mass is 127. The van der Waals surface area contributed by atoms with Gasteiger partial charge in [0.25, 0.3) is 0 Å². The van der Waals surface area contributed by atoms with Gasteiger partial charge in [-0.15, -0.1) is 24.0 Å². The van der Waals surface area contributed by atoms with Crippen LogP contribution >= 0.6 is 24.0 Å². The van der Waals surface area contributed by atoms with Gasteiger partial charge in [-0.3, -0.25) is 9.79 Å². The van der Waals surface area contributed by atoms with Crippen molar-refractivity contribution in [2.45, 2.75) is 26.6 Å². The third-order valence-corrected chi connectivity index (χ3v) is 3.86. The van der Waals surface area contributed by atoms with Gasteiger partial charge >= 0.3 is 6.61 Å². The molecular weight excluding hydrogens is 509 g/mol. The predicted octanol–water partition coefficient (Wildman–Crippen LogP) is 3.74. The van der Waals surface area contributed by atoms with Crippen molar-refractivity contribution in [2.75, 3.05) is 19.5 Å². The van der Waals surface area contributed by atoms with E-state index in [9.17, 15) is 13.6 Å². The van der Waals surface area contributed by atoms with E-state index in [1.54, 1.807) is 25.2 Å². The van der Waals surface area contributed by atoms with Crippen molar-refractivity contribution in [3.05, 3.63) is 53.6 Å². The summed E-state index contributed by atoms with van der Waals surface area (Å²) in [6, 6.07) is 12.0. The number of hydrogen-bond donors (Lipinski definition) is 3. The first-order chi connectivity index (χ1) is 13.9. The van der Waals surface area contributed by atoms with Crippen LogP contribution in [0.2, 0.25) is 0 Å². The maximum absolute atomic E-state index is 12.6. The van der Waals surface area contributed by atoms with Gasteiger partial charge in [-0.25, -0.2) is 0 Å². The molecule has 0 aliphatic carbocycles. The van der Waals surface area contributed by atoms with Crippen molar-refractivity contribution < 1.29 is 23.0 Å². The molecule has 2 rings (SSSR count). The minimum Gasteiger partial charge on any atom is -0.497 e. The first-order valence-electron chi connectivity index (χ1n) is 8.84. The van der Waals surface area contributed by atoms with Crippen LogP contribution in [0.1, 0.15) is 18.1 Å². The Kier molecular flexibility index (Phi) is 10.9. The van der Waals surface area contributed by atoms with Crippen molar-refractivity contribution in [3.8, 4) is 11.5 Å². The molecule has 0 atom stereocenters. The first-order valence-corrected chi connectivity index (χ1v) is 8.84. The molecule has 0 heterocycles. The Balaban J connectivity index is 0.00000450. The third-order valence-electron chi connectivity index (χ3n) is 3.86. The molecule has 3 N–H and O–H groups in total. The number of carbonyl (C=O) groups is 1. The second-order valence-electron chi connectivity index (χ2n) is 6.01.